The Labute approximate surface area is 123 Å². The van der Waals surface area contributed by atoms with Gasteiger partial charge in [-0.2, -0.15) is 4.31 Å². The summed E-state index contributed by atoms with van der Waals surface area (Å²) in [7, 11) is -2.22. The van der Waals surface area contributed by atoms with Gasteiger partial charge in [-0.1, -0.05) is 11.6 Å². The van der Waals surface area contributed by atoms with Gasteiger partial charge in [0, 0.05) is 12.7 Å². The summed E-state index contributed by atoms with van der Waals surface area (Å²) in [6.45, 7) is 1.94. The Hall–Kier alpha value is -1.50. The fourth-order valence-corrected chi connectivity index (χ4v) is 3.43. The molecule has 0 aliphatic heterocycles. The van der Waals surface area contributed by atoms with Crippen molar-refractivity contribution in [3.05, 3.63) is 46.9 Å². The Morgan fingerprint density at radius 2 is 2.00 bits per heavy atom. The number of hydrogen-bond donors (Lipinski definition) is 1. The Morgan fingerprint density at radius 3 is 2.55 bits per heavy atom. The largest absolute Gasteiger partial charge is 0.465 e. The van der Waals surface area contributed by atoms with Gasteiger partial charge in [-0.05, 0) is 37.3 Å². The van der Waals surface area contributed by atoms with E-state index in [1.54, 1.807) is 19.1 Å². The number of furan rings is 1. The summed E-state index contributed by atoms with van der Waals surface area (Å²) in [5, 5.41) is 0.104. The molecular formula is C13H15ClN2O3S. The standard InChI is InChI=1S/C13H15ClN2O3S/c1-9-3-5-11(19-9)8-16(2)20(17,18)13-6-4-10(15)7-12(13)14/h3-7H,8,15H2,1-2H3. The predicted molar refractivity (Wildman–Crippen MR) is 78.0 cm³/mol. The molecule has 2 N–H and O–H groups in total. The number of benzene rings is 1. The van der Waals surface area contributed by atoms with Crippen molar-refractivity contribution in [3.8, 4) is 0 Å². The molecule has 1 aromatic carbocycles. The van der Waals surface area contributed by atoms with E-state index in [1.807, 2.05) is 0 Å². The lowest BCUT2D eigenvalue weighted by atomic mass is 10.3. The molecule has 0 unspecified atom stereocenters. The Kier molecular flexibility index (Phi) is 4.08. The maximum atomic E-state index is 12.4. The maximum Gasteiger partial charge on any atom is 0.244 e. The summed E-state index contributed by atoms with van der Waals surface area (Å²) >= 11 is 5.96. The van der Waals surface area contributed by atoms with Gasteiger partial charge >= 0.3 is 0 Å². The zero-order valence-electron chi connectivity index (χ0n) is 11.1. The molecule has 0 aliphatic carbocycles. The molecule has 0 aliphatic rings. The van der Waals surface area contributed by atoms with Gasteiger partial charge < -0.3 is 10.2 Å². The van der Waals surface area contributed by atoms with E-state index in [9.17, 15) is 8.42 Å². The van der Waals surface area contributed by atoms with Crippen molar-refractivity contribution >= 4 is 27.3 Å². The van der Waals surface area contributed by atoms with Crippen LogP contribution in [-0.2, 0) is 16.6 Å². The SMILES string of the molecule is Cc1ccc(CN(C)S(=O)(=O)c2ccc(N)cc2Cl)o1. The first-order valence-electron chi connectivity index (χ1n) is 5.87. The Morgan fingerprint density at radius 1 is 1.30 bits per heavy atom. The third-order valence-corrected chi connectivity index (χ3v) is 5.10. The van der Waals surface area contributed by atoms with Crippen LogP contribution >= 0.6 is 11.6 Å². The molecule has 0 saturated heterocycles. The predicted octanol–water partition coefficient (Wildman–Crippen LogP) is 2.64. The van der Waals surface area contributed by atoms with Crippen molar-refractivity contribution in [2.75, 3.05) is 12.8 Å². The minimum absolute atomic E-state index is 0.0270. The first-order valence-corrected chi connectivity index (χ1v) is 7.69. The number of aryl methyl sites for hydroxylation is 1. The minimum atomic E-state index is -3.69. The van der Waals surface area contributed by atoms with E-state index in [0.29, 0.717) is 11.4 Å². The average molecular weight is 315 g/mol. The Bertz CT molecular complexity index is 725. The second-order valence-electron chi connectivity index (χ2n) is 4.46. The highest BCUT2D eigenvalue weighted by atomic mass is 35.5. The monoisotopic (exact) mass is 314 g/mol. The summed E-state index contributed by atoms with van der Waals surface area (Å²) in [5.74, 6) is 1.30. The summed E-state index contributed by atoms with van der Waals surface area (Å²) in [4.78, 5) is 0.0270. The zero-order valence-corrected chi connectivity index (χ0v) is 12.7. The molecule has 0 bridgehead atoms. The van der Waals surface area contributed by atoms with Crippen molar-refractivity contribution in [1.82, 2.24) is 4.31 Å². The fourth-order valence-electron chi connectivity index (χ4n) is 1.77. The van der Waals surface area contributed by atoms with E-state index in [0.717, 1.165) is 5.76 Å². The van der Waals surface area contributed by atoms with Crippen molar-refractivity contribution in [2.45, 2.75) is 18.4 Å². The van der Waals surface area contributed by atoms with Crippen LogP contribution in [0, 0.1) is 6.92 Å². The lowest BCUT2D eigenvalue weighted by Crippen LogP contribution is -2.26. The van der Waals surface area contributed by atoms with E-state index in [4.69, 9.17) is 21.8 Å². The number of nitrogens with zero attached hydrogens (tertiary/aromatic N) is 1. The molecule has 7 heteroatoms. The third kappa shape index (κ3) is 2.98. The summed E-state index contributed by atoms with van der Waals surface area (Å²) < 4.78 is 31.4. The van der Waals surface area contributed by atoms with Crippen molar-refractivity contribution < 1.29 is 12.8 Å². The molecule has 108 valence electrons. The molecule has 0 spiro atoms. The number of nitrogens with two attached hydrogens (primary N) is 1. The highest BCUT2D eigenvalue weighted by molar-refractivity contribution is 7.89. The molecule has 1 aromatic heterocycles. The highest BCUT2D eigenvalue weighted by Crippen LogP contribution is 2.26. The molecule has 2 rings (SSSR count). The molecule has 1 heterocycles. The summed E-state index contributed by atoms with van der Waals surface area (Å²) in [5.41, 5.74) is 5.98. The van der Waals surface area contributed by atoms with Gasteiger partial charge in [0.1, 0.15) is 16.4 Å². The van der Waals surface area contributed by atoms with E-state index in [1.165, 1.54) is 29.6 Å². The van der Waals surface area contributed by atoms with Gasteiger partial charge in [0.15, 0.2) is 0 Å². The summed E-state index contributed by atoms with van der Waals surface area (Å²) in [6, 6.07) is 7.85. The van der Waals surface area contributed by atoms with Gasteiger partial charge in [-0.3, -0.25) is 0 Å². The average Bonchev–Trinajstić information content (AvgIpc) is 2.74. The summed E-state index contributed by atoms with van der Waals surface area (Å²) in [6.07, 6.45) is 0. The number of halogens is 1. The van der Waals surface area contributed by atoms with Crippen LogP contribution in [0.2, 0.25) is 5.02 Å². The fraction of sp³-hybridized carbons (Fsp3) is 0.231. The van der Waals surface area contributed by atoms with Crippen LogP contribution in [0.1, 0.15) is 11.5 Å². The molecule has 0 fully saturated rings. The molecule has 0 saturated carbocycles. The number of sulfonamides is 1. The maximum absolute atomic E-state index is 12.4. The normalized spacial score (nSPS) is 12.0. The molecule has 20 heavy (non-hydrogen) atoms. The van der Waals surface area contributed by atoms with Crippen molar-refractivity contribution in [3.63, 3.8) is 0 Å². The van der Waals surface area contributed by atoms with E-state index >= 15 is 0 Å². The van der Waals surface area contributed by atoms with E-state index < -0.39 is 10.0 Å². The molecule has 0 radical (unpaired) electrons. The first-order chi connectivity index (χ1) is 9.30. The van der Waals surface area contributed by atoms with Crippen LogP contribution in [0.3, 0.4) is 0 Å². The lowest BCUT2D eigenvalue weighted by Gasteiger charge is -2.17. The molecule has 2 aromatic rings. The smallest absolute Gasteiger partial charge is 0.244 e. The number of rotatable bonds is 4. The van der Waals surface area contributed by atoms with Crippen LogP contribution in [0.5, 0.6) is 0 Å². The zero-order chi connectivity index (χ0) is 14.9. The highest BCUT2D eigenvalue weighted by Gasteiger charge is 2.24. The topological polar surface area (TPSA) is 76.5 Å². The van der Waals surface area contributed by atoms with E-state index in [-0.39, 0.29) is 16.5 Å². The van der Waals surface area contributed by atoms with Gasteiger partial charge in [-0.25, -0.2) is 8.42 Å². The van der Waals surface area contributed by atoms with Gasteiger partial charge in [0.2, 0.25) is 10.0 Å². The molecule has 0 amide bonds. The molecule has 0 atom stereocenters. The van der Waals surface area contributed by atoms with Crippen LogP contribution in [0.15, 0.2) is 39.6 Å². The van der Waals surface area contributed by atoms with Crippen LogP contribution in [-0.4, -0.2) is 19.8 Å². The quantitative estimate of drug-likeness (QED) is 0.880. The lowest BCUT2D eigenvalue weighted by molar-refractivity contribution is 0.397. The van der Waals surface area contributed by atoms with Crippen LogP contribution in [0.4, 0.5) is 5.69 Å². The minimum Gasteiger partial charge on any atom is -0.465 e. The van der Waals surface area contributed by atoms with Gasteiger partial charge in [-0.15, -0.1) is 0 Å². The van der Waals surface area contributed by atoms with Crippen LogP contribution < -0.4 is 5.73 Å². The second-order valence-corrected chi connectivity index (χ2v) is 6.88. The Balaban J connectivity index is 2.29. The molecular weight excluding hydrogens is 300 g/mol. The number of hydrogen-bond acceptors (Lipinski definition) is 4. The number of anilines is 1. The third-order valence-electron chi connectivity index (χ3n) is 2.82. The number of nitrogen functional groups attached to an aromatic ring is 1. The van der Waals surface area contributed by atoms with Crippen LogP contribution in [0.25, 0.3) is 0 Å². The van der Waals surface area contributed by atoms with E-state index in [2.05, 4.69) is 0 Å². The first kappa shape index (κ1) is 14.9. The second kappa shape index (κ2) is 5.47. The van der Waals surface area contributed by atoms with Crippen molar-refractivity contribution in [2.24, 2.45) is 0 Å². The van der Waals surface area contributed by atoms with Gasteiger partial charge in [0.05, 0.1) is 11.6 Å². The van der Waals surface area contributed by atoms with Crippen molar-refractivity contribution in [1.29, 1.82) is 0 Å². The van der Waals surface area contributed by atoms with Gasteiger partial charge in [0.25, 0.3) is 0 Å². The molecule has 5 nitrogen and oxygen atoms in total.